The number of aryl methyl sites for hydroxylation is 1. The number of halogens is 3. The van der Waals surface area contributed by atoms with Crippen molar-refractivity contribution in [3.63, 3.8) is 0 Å². The summed E-state index contributed by atoms with van der Waals surface area (Å²) in [6, 6.07) is 3.28. The molecule has 0 saturated carbocycles. The van der Waals surface area contributed by atoms with Crippen molar-refractivity contribution >= 4 is 0 Å². The van der Waals surface area contributed by atoms with E-state index in [9.17, 15) is 18.1 Å². The van der Waals surface area contributed by atoms with Crippen LogP contribution in [0.4, 0.5) is 13.2 Å². The normalized spacial score (nSPS) is 10.4. The molecule has 0 N–H and O–H groups in total. The van der Waals surface area contributed by atoms with Crippen LogP contribution in [0, 0.1) is 11.8 Å². The van der Waals surface area contributed by atoms with E-state index in [1.165, 1.54) is 6.07 Å². The van der Waals surface area contributed by atoms with E-state index in [4.69, 9.17) is 0 Å². The third-order valence-corrected chi connectivity index (χ3v) is 1.91. The summed E-state index contributed by atoms with van der Waals surface area (Å²) >= 11 is 0. The van der Waals surface area contributed by atoms with Gasteiger partial charge in [0, 0.05) is 0 Å². The molecule has 2 nitrogen and oxygen atoms in total. The second kappa shape index (κ2) is 6.25. The fraction of sp³-hybridized carbons (Fsp3) is 0.455. The van der Waals surface area contributed by atoms with Crippen molar-refractivity contribution in [3.8, 4) is 0 Å². The number of nitroso groups, excluding NO2 is 1. The molecule has 16 heavy (non-hydrogen) atoms. The second-order valence-corrected chi connectivity index (χ2v) is 2.93. The lowest BCUT2D eigenvalue weighted by atomic mass is 10.1. The highest BCUT2D eigenvalue weighted by molar-refractivity contribution is 5.32. The van der Waals surface area contributed by atoms with Gasteiger partial charge in [0.2, 0.25) is 0 Å². The second-order valence-electron chi connectivity index (χ2n) is 2.93. The van der Waals surface area contributed by atoms with Gasteiger partial charge in [0.1, 0.15) is 6.54 Å². The molecule has 90 valence electrons. The lowest BCUT2D eigenvalue weighted by Crippen LogP contribution is -2.05. The van der Waals surface area contributed by atoms with E-state index in [2.05, 4.69) is 5.18 Å². The molecule has 1 rings (SSSR count). The van der Waals surface area contributed by atoms with Crippen molar-refractivity contribution in [2.45, 2.75) is 33.5 Å². The summed E-state index contributed by atoms with van der Waals surface area (Å²) < 4.78 is 36.7. The Kier molecular flexibility index (Phi) is 5.71. The van der Waals surface area contributed by atoms with Crippen molar-refractivity contribution in [2.75, 3.05) is 0 Å². The Morgan fingerprint density at radius 2 is 1.81 bits per heavy atom. The van der Waals surface area contributed by atoms with Crippen LogP contribution in [-0.4, -0.2) is 0 Å². The Hall–Kier alpha value is -1.39. The van der Waals surface area contributed by atoms with Crippen LogP contribution in [-0.2, 0) is 12.7 Å². The molecule has 5 heteroatoms. The third kappa shape index (κ3) is 4.00. The zero-order chi connectivity index (χ0) is 12.8. The van der Waals surface area contributed by atoms with Gasteiger partial charge in [-0.3, -0.25) is 0 Å². The quantitative estimate of drug-likeness (QED) is 0.700. The largest absolute Gasteiger partial charge is 0.416 e. The van der Waals surface area contributed by atoms with Crippen LogP contribution in [0.3, 0.4) is 0 Å². The first-order valence-corrected chi connectivity index (χ1v) is 4.91. The Labute approximate surface area is 92.5 Å². The highest BCUT2D eigenvalue weighted by Crippen LogP contribution is 2.30. The average molecular weight is 233 g/mol. The molecule has 0 amide bonds. The van der Waals surface area contributed by atoms with Gasteiger partial charge in [0.05, 0.1) is 5.56 Å². The average Bonchev–Trinajstić information content (AvgIpc) is 2.23. The number of benzene rings is 1. The van der Waals surface area contributed by atoms with Crippen molar-refractivity contribution < 1.29 is 13.2 Å². The highest BCUT2D eigenvalue weighted by Gasteiger charge is 2.30. The minimum atomic E-state index is -4.37. The summed E-state index contributed by atoms with van der Waals surface area (Å²) in [5.74, 6) is 0. The van der Waals surface area contributed by atoms with Crippen LogP contribution < -0.4 is 0 Å². The number of rotatable bonds is 2. The summed E-state index contributed by atoms with van der Waals surface area (Å²) in [5, 5.41) is 2.57. The summed E-state index contributed by atoms with van der Waals surface area (Å²) in [6.45, 7) is 5.41. The number of alkyl halides is 3. The van der Waals surface area contributed by atoms with E-state index in [-0.39, 0.29) is 6.54 Å². The summed E-state index contributed by atoms with van der Waals surface area (Å²) in [5.41, 5.74) is 0.203. The van der Waals surface area contributed by atoms with E-state index in [1.54, 1.807) is 6.92 Å². The SMILES string of the molecule is CC.Cc1ccc(C(F)(F)F)cc1CN=O. The van der Waals surface area contributed by atoms with Crippen LogP contribution in [0.2, 0.25) is 0 Å². The molecule has 0 bridgehead atoms. The van der Waals surface area contributed by atoms with Gasteiger partial charge in [-0.15, -0.1) is 0 Å². The molecule has 0 atom stereocenters. The fourth-order valence-corrected chi connectivity index (χ4v) is 1.09. The minimum absolute atomic E-state index is 0.226. The molecule has 0 aliphatic rings. The van der Waals surface area contributed by atoms with E-state index in [0.29, 0.717) is 11.1 Å². The lowest BCUT2D eigenvalue weighted by Gasteiger charge is -2.09. The van der Waals surface area contributed by atoms with Gasteiger partial charge in [0.25, 0.3) is 0 Å². The van der Waals surface area contributed by atoms with Crippen molar-refractivity contribution in [2.24, 2.45) is 5.18 Å². The first-order chi connectivity index (χ1) is 7.45. The van der Waals surface area contributed by atoms with Crippen LogP contribution in [0.25, 0.3) is 0 Å². The van der Waals surface area contributed by atoms with Crippen LogP contribution in [0.5, 0.6) is 0 Å². The molecule has 0 saturated heterocycles. The molecule has 0 radical (unpaired) electrons. The maximum absolute atomic E-state index is 12.2. The summed E-state index contributed by atoms with van der Waals surface area (Å²) in [7, 11) is 0. The fourth-order valence-electron chi connectivity index (χ4n) is 1.09. The van der Waals surface area contributed by atoms with Gasteiger partial charge in [-0.1, -0.05) is 25.1 Å². The standard InChI is InChI=1S/C9H8F3NO.C2H6/c1-6-2-3-8(9(10,11)12)4-7(6)5-13-14;1-2/h2-4H,5H2,1H3;1-2H3. The molecule has 0 aliphatic carbocycles. The van der Waals surface area contributed by atoms with E-state index < -0.39 is 11.7 Å². The first-order valence-electron chi connectivity index (χ1n) is 4.91. The smallest absolute Gasteiger partial charge is 0.166 e. The highest BCUT2D eigenvalue weighted by atomic mass is 19.4. The van der Waals surface area contributed by atoms with Gasteiger partial charge in [-0.2, -0.15) is 18.1 Å². The Morgan fingerprint density at radius 1 is 1.25 bits per heavy atom. The van der Waals surface area contributed by atoms with Crippen LogP contribution in [0.15, 0.2) is 23.4 Å². The zero-order valence-electron chi connectivity index (χ0n) is 9.43. The van der Waals surface area contributed by atoms with Crippen LogP contribution in [0.1, 0.15) is 30.5 Å². The van der Waals surface area contributed by atoms with Crippen molar-refractivity contribution in [1.29, 1.82) is 0 Å². The molecule has 0 unspecified atom stereocenters. The summed E-state index contributed by atoms with van der Waals surface area (Å²) in [6.07, 6.45) is -4.37. The first kappa shape index (κ1) is 14.6. The van der Waals surface area contributed by atoms with Crippen molar-refractivity contribution in [1.82, 2.24) is 0 Å². The molecule has 0 fully saturated rings. The maximum Gasteiger partial charge on any atom is 0.416 e. The van der Waals surface area contributed by atoms with Gasteiger partial charge < -0.3 is 0 Å². The van der Waals surface area contributed by atoms with Gasteiger partial charge >= 0.3 is 6.18 Å². The zero-order valence-corrected chi connectivity index (χ0v) is 9.43. The number of nitrogens with zero attached hydrogens (tertiary/aromatic N) is 1. The van der Waals surface area contributed by atoms with Crippen molar-refractivity contribution in [3.05, 3.63) is 39.8 Å². The van der Waals surface area contributed by atoms with Gasteiger partial charge in [-0.25, -0.2) is 0 Å². The molecule has 0 aromatic heterocycles. The van der Waals surface area contributed by atoms with E-state index in [1.807, 2.05) is 13.8 Å². The maximum atomic E-state index is 12.2. The van der Waals surface area contributed by atoms with E-state index >= 15 is 0 Å². The molecular formula is C11H14F3NO. The lowest BCUT2D eigenvalue weighted by molar-refractivity contribution is -0.137. The molecule has 1 aromatic rings. The molecule has 0 aliphatic heterocycles. The predicted molar refractivity (Wildman–Crippen MR) is 57.0 cm³/mol. The topological polar surface area (TPSA) is 29.4 Å². The van der Waals surface area contributed by atoms with E-state index in [0.717, 1.165) is 12.1 Å². The molecule has 1 aromatic carbocycles. The predicted octanol–water partition coefficient (Wildman–Crippen LogP) is 4.31. The Bertz CT molecular complexity index is 348. The number of hydrogen-bond acceptors (Lipinski definition) is 2. The number of hydrogen-bond donors (Lipinski definition) is 0. The third-order valence-electron chi connectivity index (χ3n) is 1.91. The molecular weight excluding hydrogens is 219 g/mol. The minimum Gasteiger partial charge on any atom is -0.166 e. The monoisotopic (exact) mass is 233 g/mol. The Balaban J connectivity index is 0.00000106. The summed E-state index contributed by atoms with van der Waals surface area (Å²) in [4.78, 5) is 9.96. The molecule has 0 heterocycles. The van der Waals surface area contributed by atoms with Gasteiger partial charge in [0.15, 0.2) is 0 Å². The molecule has 0 spiro atoms. The Morgan fingerprint density at radius 3 is 2.25 bits per heavy atom. The van der Waals surface area contributed by atoms with Crippen LogP contribution >= 0.6 is 0 Å². The van der Waals surface area contributed by atoms with Gasteiger partial charge in [-0.05, 0) is 30.2 Å².